The zero-order valence-corrected chi connectivity index (χ0v) is 8.45. The van der Waals surface area contributed by atoms with Gasteiger partial charge in [0, 0.05) is 0 Å². The lowest BCUT2D eigenvalue weighted by atomic mass is 10.1. The second-order valence-electron chi connectivity index (χ2n) is 3.26. The lowest BCUT2D eigenvalue weighted by Crippen LogP contribution is -2.03. The van der Waals surface area contributed by atoms with Gasteiger partial charge in [-0.25, -0.2) is 0 Å². The summed E-state index contributed by atoms with van der Waals surface area (Å²) in [5, 5.41) is 0. The fourth-order valence-electron chi connectivity index (χ4n) is 1.66. The first-order valence-corrected chi connectivity index (χ1v) is 4.69. The lowest BCUT2D eigenvalue weighted by Gasteiger charge is -2.15. The van der Waals surface area contributed by atoms with E-state index in [1.54, 1.807) is 7.11 Å². The van der Waals surface area contributed by atoms with Crippen LogP contribution in [0.25, 0.3) is 0 Å². The van der Waals surface area contributed by atoms with Gasteiger partial charge >= 0.3 is 0 Å². The Bertz CT molecular complexity index is 316. The van der Waals surface area contributed by atoms with Crippen molar-refractivity contribution in [1.29, 1.82) is 0 Å². The minimum absolute atomic E-state index is 0.258. The summed E-state index contributed by atoms with van der Waals surface area (Å²) >= 11 is 0. The Morgan fingerprint density at radius 1 is 1.29 bits per heavy atom. The highest BCUT2D eigenvalue weighted by atomic mass is 16.7. The van der Waals surface area contributed by atoms with Gasteiger partial charge in [-0.1, -0.05) is 12.1 Å². The van der Waals surface area contributed by atoms with E-state index in [9.17, 15) is 0 Å². The molecule has 0 amide bonds. The van der Waals surface area contributed by atoms with Gasteiger partial charge in [-0.3, -0.25) is 0 Å². The third-order valence-corrected chi connectivity index (χ3v) is 2.36. The van der Waals surface area contributed by atoms with Crippen molar-refractivity contribution in [3.8, 4) is 5.75 Å². The normalized spacial score (nSPS) is 17.3. The van der Waals surface area contributed by atoms with E-state index in [4.69, 9.17) is 14.2 Å². The van der Waals surface area contributed by atoms with Crippen molar-refractivity contribution in [3.63, 3.8) is 0 Å². The van der Waals surface area contributed by atoms with Crippen LogP contribution in [0, 0.1) is 6.92 Å². The van der Waals surface area contributed by atoms with Crippen LogP contribution in [-0.2, 0) is 9.47 Å². The van der Waals surface area contributed by atoms with Crippen molar-refractivity contribution in [2.45, 2.75) is 13.2 Å². The molecule has 14 heavy (non-hydrogen) atoms. The monoisotopic (exact) mass is 194 g/mol. The number of methoxy groups -OCH3 is 1. The zero-order chi connectivity index (χ0) is 9.97. The number of hydrogen-bond donors (Lipinski definition) is 0. The number of hydrogen-bond acceptors (Lipinski definition) is 3. The molecule has 0 aromatic heterocycles. The van der Waals surface area contributed by atoms with Gasteiger partial charge in [0.1, 0.15) is 5.75 Å². The predicted molar refractivity (Wildman–Crippen MR) is 52.4 cm³/mol. The standard InChI is InChI=1S/C11H14O3/c1-8-4-3-5-9(12-2)10(8)11-13-6-7-14-11/h3-5,11H,6-7H2,1-2H3. The van der Waals surface area contributed by atoms with Crippen LogP contribution in [0.3, 0.4) is 0 Å². The van der Waals surface area contributed by atoms with Crippen LogP contribution in [0.4, 0.5) is 0 Å². The fraction of sp³-hybridized carbons (Fsp3) is 0.455. The van der Waals surface area contributed by atoms with Gasteiger partial charge in [0.05, 0.1) is 25.9 Å². The summed E-state index contributed by atoms with van der Waals surface area (Å²) in [4.78, 5) is 0. The first kappa shape index (κ1) is 9.49. The molecule has 1 fully saturated rings. The Hall–Kier alpha value is -1.06. The maximum absolute atomic E-state index is 5.46. The second-order valence-corrected chi connectivity index (χ2v) is 3.26. The van der Waals surface area contributed by atoms with E-state index >= 15 is 0 Å². The van der Waals surface area contributed by atoms with Crippen LogP contribution in [-0.4, -0.2) is 20.3 Å². The molecule has 0 atom stereocenters. The molecular weight excluding hydrogens is 180 g/mol. The molecule has 1 aromatic rings. The highest BCUT2D eigenvalue weighted by Crippen LogP contribution is 2.33. The summed E-state index contributed by atoms with van der Waals surface area (Å²) in [6, 6.07) is 5.92. The summed E-state index contributed by atoms with van der Waals surface area (Å²) in [5.74, 6) is 0.830. The first-order valence-electron chi connectivity index (χ1n) is 4.69. The molecule has 76 valence electrons. The largest absolute Gasteiger partial charge is 0.496 e. The maximum Gasteiger partial charge on any atom is 0.187 e. The molecule has 1 saturated heterocycles. The van der Waals surface area contributed by atoms with Gasteiger partial charge < -0.3 is 14.2 Å². The molecule has 0 spiro atoms. The Balaban J connectivity index is 2.37. The van der Waals surface area contributed by atoms with E-state index in [-0.39, 0.29) is 6.29 Å². The van der Waals surface area contributed by atoms with Gasteiger partial charge in [-0.2, -0.15) is 0 Å². The van der Waals surface area contributed by atoms with Gasteiger partial charge in [-0.05, 0) is 18.6 Å². The average Bonchev–Trinajstić information content (AvgIpc) is 2.70. The number of ether oxygens (including phenoxy) is 3. The van der Waals surface area contributed by atoms with Crippen LogP contribution in [0.15, 0.2) is 18.2 Å². The minimum atomic E-state index is -0.258. The summed E-state index contributed by atoms with van der Waals surface area (Å²) in [5.41, 5.74) is 2.14. The van der Waals surface area contributed by atoms with Crippen LogP contribution in [0.2, 0.25) is 0 Å². The smallest absolute Gasteiger partial charge is 0.187 e. The highest BCUT2D eigenvalue weighted by molar-refractivity contribution is 5.40. The van der Waals surface area contributed by atoms with E-state index in [0.29, 0.717) is 13.2 Å². The van der Waals surface area contributed by atoms with Crippen LogP contribution in [0.5, 0.6) is 5.75 Å². The van der Waals surface area contributed by atoms with Gasteiger partial charge in [0.25, 0.3) is 0 Å². The van der Waals surface area contributed by atoms with E-state index in [0.717, 1.165) is 16.9 Å². The Morgan fingerprint density at radius 3 is 2.64 bits per heavy atom. The van der Waals surface area contributed by atoms with Crippen LogP contribution in [0.1, 0.15) is 17.4 Å². The molecular formula is C11H14O3. The quantitative estimate of drug-likeness (QED) is 0.721. The second kappa shape index (κ2) is 3.98. The summed E-state index contributed by atoms with van der Waals surface area (Å²) in [6.45, 7) is 3.34. The van der Waals surface area contributed by atoms with E-state index in [1.807, 2.05) is 25.1 Å². The molecule has 2 rings (SSSR count). The Labute approximate surface area is 83.6 Å². The average molecular weight is 194 g/mol. The Morgan fingerprint density at radius 2 is 2.00 bits per heavy atom. The third-order valence-electron chi connectivity index (χ3n) is 2.36. The number of benzene rings is 1. The predicted octanol–water partition coefficient (Wildman–Crippen LogP) is 2.05. The summed E-state index contributed by atoms with van der Waals surface area (Å²) in [7, 11) is 1.66. The minimum Gasteiger partial charge on any atom is -0.496 e. The molecule has 0 bridgehead atoms. The van der Waals surface area contributed by atoms with Crippen molar-refractivity contribution in [3.05, 3.63) is 29.3 Å². The molecule has 3 nitrogen and oxygen atoms in total. The van der Waals surface area contributed by atoms with Gasteiger partial charge in [0.15, 0.2) is 6.29 Å². The topological polar surface area (TPSA) is 27.7 Å². The van der Waals surface area contributed by atoms with Crippen molar-refractivity contribution in [1.82, 2.24) is 0 Å². The fourth-order valence-corrected chi connectivity index (χ4v) is 1.66. The van der Waals surface area contributed by atoms with Gasteiger partial charge in [0.2, 0.25) is 0 Å². The lowest BCUT2D eigenvalue weighted by molar-refractivity contribution is -0.0459. The number of rotatable bonds is 2. The first-order chi connectivity index (χ1) is 6.83. The zero-order valence-electron chi connectivity index (χ0n) is 8.45. The molecule has 1 aromatic carbocycles. The van der Waals surface area contributed by atoms with E-state index in [1.165, 1.54) is 0 Å². The van der Waals surface area contributed by atoms with Crippen LogP contribution >= 0.6 is 0 Å². The van der Waals surface area contributed by atoms with E-state index in [2.05, 4.69) is 0 Å². The molecule has 1 aliphatic rings. The Kier molecular flexibility index (Phi) is 2.70. The maximum atomic E-state index is 5.46. The van der Waals surface area contributed by atoms with Crippen molar-refractivity contribution in [2.75, 3.05) is 20.3 Å². The van der Waals surface area contributed by atoms with Crippen molar-refractivity contribution in [2.24, 2.45) is 0 Å². The highest BCUT2D eigenvalue weighted by Gasteiger charge is 2.23. The molecule has 0 aliphatic carbocycles. The van der Waals surface area contributed by atoms with Gasteiger partial charge in [-0.15, -0.1) is 0 Å². The van der Waals surface area contributed by atoms with Crippen LogP contribution < -0.4 is 4.74 Å². The third kappa shape index (κ3) is 1.61. The number of aryl methyl sites for hydroxylation is 1. The molecule has 3 heteroatoms. The van der Waals surface area contributed by atoms with Crippen molar-refractivity contribution < 1.29 is 14.2 Å². The van der Waals surface area contributed by atoms with Crippen molar-refractivity contribution >= 4 is 0 Å². The molecule has 0 N–H and O–H groups in total. The SMILES string of the molecule is COc1cccc(C)c1C1OCCO1. The molecule has 0 radical (unpaired) electrons. The molecule has 0 unspecified atom stereocenters. The van der Waals surface area contributed by atoms with E-state index < -0.39 is 0 Å². The molecule has 1 aliphatic heterocycles. The summed E-state index contributed by atoms with van der Waals surface area (Å²) < 4.78 is 16.2. The molecule has 0 saturated carbocycles. The summed E-state index contributed by atoms with van der Waals surface area (Å²) in [6.07, 6.45) is -0.258. The molecule has 1 heterocycles.